The molecule has 3 aromatic rings. The Kier molecular flexibility index (Phi) is 8.72. The van der Waals surface area contributed by atoms with Gasteiger partial charge in [-0.3, -0.25) is 14.5 Å². The topological polar surface area (TPSA) is 91.7 Å². The molecular weight excluding hydrogens is 498 g/mol. The summed E-state index contributed by atoms with van der Waals surface area (Å²) in [6.07, 6.45) is 1.03. The highest BCUT2D eigenvalue weighted by Gasteiger charge is 2.40. The quantitative estimate of drug-likeness (QED) is 0.318. The van der Waals surface area contributed by atoms with Crippen molar-refractivity contribution in [3.05, 3.63) is 100 Å². The van der Waals surface area contributed by atoms with Crippen LogP contribution in [-0.2, 0) is 22.4 Å². The van der Waals surface area contributed by atoms with Crippen LogP contribution in [0.4, 0.5) is 5.69 Å². The number of nitrogens with one attached hydrogen (secondary N) is 1. The van der Waals surface area contributed by atoms with Gasteiger partial charge in [-0.15, -0.1) is 0 Å². The molecule has 3 aromatic carbocycles. The van der Waals surface area contributed by atoms with E-state index in [2.05, 4.69) is 11.4 Å². The van der Waals surface area contributed by atoms with Crippen LogP contribution in [0.15, 0.2) is 83.4 Å². The molecule has 0 spiro atoms. The number of thioether (sulfide) groups is 1. The predicted octanol–water partition coefficient (Wildman–Crippen LogP) is 4.80. The second-order valence-electron chi connectivity index (χ2n) is 8.73. The summed E-state index contributed by atoms with van der Waals surface area (Å²) in [6.45, 7) is 2.32. The molecule has 2 amide bonds. The summed E-state index contributed by atoms with van der Waals surface area (Å²) in [7, 11) is 3.14. The van der Waals surface area contributed by atoms with Crippen LogP contribution in [0.3, 0.4) is 0 Å². The number of nitrogens with zero attached hydrogens (tertiary/aromatic N) is 2. The Morgan fingerprint density at radius 3 is 2.42 bits per heavy atom. The number of hydrogen-bond donors (Lipinski definition) is 1. The number of nitriles is 1. The Morgan fingerprint density at radius 2 is 1.74 bits per heavy atom. The Labute approximate surface area is 227 Å². The highest BCUT2D eigenvalue weighted by atomic mass is 32.2. The SMILES string of the molecule is COc1ccc(CCNC(=O)/C(C#N)=C2\S[C@H](Cc3ccccc3C)C(=O)N2c2ccccc2)cc1OC. The van der Waals surface area contributed by atoms with E-state index in [1.807, 2.05) is 67.6 Å². The molecule has 4 rings (SSSR count). The number of carbonyl (C=O) groups excluding carboxylic acids is 2. The number of ether oxygens (including phenoxy) is 2. The largest absolute Gasteiger partial charge is 0.493 e. The van der Waals surface area contributed by atoms with Crippen LogP contribution in [0.5, 0.6) is 11.5 Å². The zero-order valence-electron chi connectivity index (χ0n) is 21.6. The lowest BCUT2D eigenvalue weighted by molar-refractivity contribution is -0.117. The van der Waals surface area contributed by atoms with Gasteiger partial charge in [-0.2, -0.15) is 5.26 Å². The van der Waals surface area contributed by atoms with Gasteiger partial charge in [-0.1, -0.05) is 60.3 Å². The molecule has 0 aromatic heterocycles. The monoisotopic (exact) mass is 527 g/mol. The Hall–Kier alpha value is -4.22. The number of para-hydroxylation sites is 1. The van der Waals surface area contributed by atoms with Crippen molar-refractivity contribution >= 4 is 29.3 Å². The van der Waals surface area contributed by atoms with Gasteiger partial charge in [0.1, 0.15) is 16.7 Å². The third kappa shape index (κ3) is 5.84. The van der Waals surface area contributed by atoms with Gasteiger partial charge in [0.05, 0.1) is 19.5 Å². The maximum atomic E-state index is 13.6. The summed E-state index contributed by atoms with van der Waals surface area (Å²) in [5, 5.41) is 12.8. The van der Waals surface area contributed by atoms with Crippen LogP contribution >= 0.6 is 11.8 Å². The van der Waals surface area contributed by atoms with Crippen LogP contribution in [0.1, 0.15) is 16.7 Å². The third-order valence-electron chi connectivity index (χ3n) is 6.33. The molecule has 194 valence electrons. The number of amides is 2. The standard InChI is InChI=1S/C30H29N3O4S/c1-20-9-7-8-10-22(20)18-27-29(35)33(23-11-5-4-6-12-23)30(38-27)24(19-31)28(34)32-16-15-21-13-14-25(36-2)26(17-21)37-3/h4-14,17,27H,15-16,18H2,1-3H3,(H,32,34)/b30-24-/t27-/m1/s1. The maximum absolute atomic E-state index is 13.6. The lowest BCUT2D eigenvalue weighted by atomic mass is 10.0. The molecule has 0 unspecified atom stereocenters. The van der Waals surface area contributed by atoms with Gasteiger partial charge in [0.25, 0.3) is 5.91 Å². The molecule has 1 saturated heterocycles. The van der Waals surface area contributed by atoms with E-state index >= 15 is 0 Å². The molecule has 1 N–H and O–H groups in total. The lowest BCUT2D eigenvalue weighted by Crippen LogP contribution is -2.32. The van der Waals surface area contributed by atoms with Crippen molar-refractivity contribution in [2.75, 3.05) is 25.7 Å². The lowest BCUT2D eigenvalue weighted by Gasteiger charge is -2.18. The molecule has 1 fully saturated rings. The first kappa shape index (κ1) is 26.8. The predicted molar refractivity (Wildman–Crippen MR) is 149 cm³/mol. The summed E-state index contributed by atoms with van der Waals surface area (Å²) in [5.74, 6) is 0.572. The number of rotatable bonds is 9. The number of hydrogen-bond acceptors (Lipinski definition) is 6. The van der Waals surface area contributed by atoms with Gasteiger partial charge in [-0.05, 0) is 60.7 Å². The van der Waals surface area contributed by atoms with E-state index in [4.69, 9.17) is 9.47 Å². The number of methoxy groups -OCH3 is 2. The molecule has 0 aliphatic carbocycles. The second kappa shape index (κ2) is 12.3. The van der Waals surface area contributed by atoms with E-state index in [1.165, 1.54) is 16.7 Å². The van der Waals surface area contributed by atoms with Gasteiger partial charge in [-0.25, -0.2) is 0 Å². The number of carbonyl (C=O) groups is 2. The molecule has 38 heavy (non-hydrogen) atoms. The fourth-order valence-corrected chi connectivity index (χ4v) is 5.58. The summed E-state index contributed by atoms with van der Waals surface area (Å²) in [5.41, 5.74) is 3.65. The van der Waals surface area contributed by atoms with Crippen molar-refractivity contribution in [2.45, 2.75) is 25.0 Å². The average Bonchev–Trinajstić information content (AvgIpc) is 3.25. The number of aryl methyl sites for hydroxylation is 1. The first-order valence-corrected chi connectivity index (χ1v) is 13.1. The molecule has 1 heterocycles. The Morgan fingerprint density at radius 1 is 1.03 bits per heavy atom. The Bertz CT molecular complexity index is 1400. The zero-order chi connectivity index (χ0) is 27.1. The Balaban J connectivity index is 1.57. The molecule has 1 atom stereocenters. The minimum absolute atomic E-state index is 0.0770. The molecule has 7 nitrogen and oxygen atoms in total. The van der Waals surface area contributed by atoms with E-state index in [9.17, 15) is 14.9 Å². The van der Waals surface area contributed by atoms with Gasteiger partial charge in [0.2, 0.25) is 5.91 Å². The van der Waals surface area contributed by atoms with Crippen molar-refractivity contribution in [1.29, 1.82) is 5.26 Å². The van der Waals surface area contributed by atoms with E-state index in [1.54, 1.807) is 26.4 Å². The number of anilines is 1. The van der Waals surface area contributed by atoms with Crippen LogP contribution in [0.25, 0.3) is 0 Å². The number of benzene rings is 3. The first-order chi connectivity index (χ1) is 18.5. The van der Waals surface area contributed by atoms with Crippen molar-refractivity contribution < 1.29 is 19.1 Å². The molecule has 0 saturated carbocycles. The van der Waals surface area contributed by atoms with Crippen molar-refractivity contribution in [1.82, 2.24) is 5.32 Å². The van der Waals surface area contributed by atoms with Crippen molar-refractivity contribution in [2.24, 2.45) is 0 Å². The molecular formula is C30H29N3O4S. The fraction of sp³-hybridized carbons (Fsp3) is 0.233. The van der Waals surface area contributed by atoms with Gasteiger partial charge in [0, 0.05) is 12.2 Å². The highest BCUT2D eigenvalue weighted by Crippen LogP contribution is 2.42. The zero-order valence-corrected chi connectivity index (χ0v) is 22.4. The first-order valence-electron chi connectivity index (χ1n) is 12.2. The van der Waals surface area contributed by atoms with Gasteiger partial charge in [0.15, 0.2) is 11.5 Å². The molecule has 1 aliphatic rings. The summed E-state index contributed by atoms with van der Waals surface area (Å²) >= 11 is 1.27. The van der Waals surface area contributed by atoms with Crippen LogP contribution < -0.4 is 19.7 Å². The fourth-order valence-electron chi connectivity index (χ4n) is 4.28. The van der Waals surface area contributed by atoms with E-state index in [0.717, 1.165) is 16.7 Å². The summed E-state index contributed by atoms with van der Waals surface area (Å²) < 4.78 is 10.6. The smallest absolute Gasteiger partial charge is 0.264 e. The van der Waals surface area contributed by atoms with Crippen LogP contribution in [0, 0.1) is 18.3 Å². The maximum Gasteiger partial charge on any atom is 0.264 e. The third-order valence-corrected chi connectivity index (χ3v) is 7.60. The van der Waals surface area contributed by atoms with Gasteiger partial charge < -0.3 is 14.8 Å². The highest BCUT2D eigenvalue weighted by molar-refractivity contribution is 8.05. The van der Waals surface area contributed by atoms with Gasteiger partial charge >= 0.3 is 0 Å². The molecule has 0 radical (unpaired) electrons. The summed E-state index contributed by atoms with van der Waals surface area (Å²) in [4.78, 5) is 28.3. The van der Waals surface area contributed by atoms with E-state index in [0.29, 0.717) is 41.6 Å². The van der Waals surface area contributed by atoms with E-state index < -0.39 is 11.2 Å². The summed E-state index contributed by atoms with van der Waals surface area (Å²) in [6, 6.07) is 24.7. The average molecular weight is 528 g/mol. The van der Waals surface area contributed by atoms with Crippen molar-refractivity contribution in [3.63, 3.8) is 0 Å². The molecule has 1 aliphatic heterocycles. The van der Waals surface area contributed by atoms with Crippen molar-refractivity contribution in [3.8, 4) is 17.6 Å². The molecule has 0 bridgehead atoms. The minimum atomic E-state index is -0.513. The minimum Gasteiger partial charge on any atom is -0.493 e. The molecule has 8 heteroatoms. The van der Waals surface area contributed by atoms with E-state index in [-0.39, 0.29) is 11.5 Å². The second-order valence-corrected chi connectivity index (χ2v) is 9.92. The van der Waals surface area contributed by atoms with Crippen LogP contribution in [0.2, 0.25) is 0 Å². The normalized spacial score (nSPS) is 16.1. The van der Waals surface area contributed by atoms with Crippen LogP contribution in [-0.4, -0.2) is 37.8 Å².